The maximum absolute atomic E-state index is 15.0. The lowest BCUT2D eigenvalue weighted by Gasteiger charge is -2.40. The van der Waals surface area contributed by atoms with Crippen LogP contribution in [0.5, 0.6) is 5.75 Å². The van der Waals surface area contributed by atoms with Crippen molar-refractivity contribution in [1.82, 2.24) is 9.88 Å². The van der Waals surface area contributed by atoms with Gasteiger partial charge in [0.15, 0.2) is 5.75 Å². The average Bonchev–Trinajstić information content (AvgIpc) is 3.48. The number of nitrogens with zero attached hydrogens (tertiary/aromatic N) is 2. The van der Waals surface area contributed by atoms with Gasteiger partial charge in [-0.25, -0.2) is 9.18 Å². The zero-order valence-electron chi connectivity index (χ0n) is 16.2. The standard InChI is InChI=1S/C20H24FN3O5/c1-22-10-20(28)5-2-6-23(11-20)16-8-15-13(7-14(16)21)18(25)17(29-19(26)27)9-24(15)12-3-4-12/h7-9,12,22,28H,2-6,10-11H2,1H3,(H,26,27). The van der Waals surface area contributed by atoms with E-state index in [9.17, 15) is 14.7 Å². The minimum atomic E-state index is -1.59. The number of rotatable bonds is 5. The number of fused-ring (bicyclic) bond motifs is 1. The summed E-state index contributed by atoms with van der Waals surface area (Å²) in [4.78, 5) is 25.4. The molecule has 1 saturated carbocycles. The van der Waals surface area contributed by atoms with Crippen molar-refractivity contribution in [2.75, 3.05) is 31.6 Å². The molecule has 1 aromatic carbocycles. The van der Waals surface area contributed by atoms with Gasteiger partial charge in [-0.2, -0.15) is 0 Å². The molecule has 2 aromatic rings. The van der Waals surface area contributed by atoms with E-state index in [0.717, 1.165) is 25.3 Å². The number of carbonyl (C=O) groups is 1. The number of piperidine rings is 1. The van der Waals surface area contributed by atoms with E-state index < -0.39 is 23.0 Å². The molecule has 1 aliphatic heterocycles. The molecule has 1 aliphatic carbocycles. The molecule has 0 radical (unpaired) electrons. The number of benzene rings is 1. The number of aromatic nitrogens is 1. The predicted molar refractivity (Wildman–Crippen MR) is 105 cm³/mol. The number of ether oxygens (including phenoxy) is 1. The minimum absolute atomic E-state index is 0.0828. The van der Waals surface area contributed by atoms with Crippen LogP contribution in [0.2, 0.25) is 0 Å². The molecule has 9 heteroatoms. The lowest BCUT2D eigenvalue weighted by molar-refractivity contribution is 0.0280. The zero-order valence-corrected chi connectivity index (χ0v) is 16.2. The van der Waals surface area contributed by atoms with Crippen molar-refractivity contribution in [3.63, 3.8) is 0 Å². The number of pyridine rings is 1. The van der Waals surface area contributed by atoms with Crippen molar-refractivity contribution in [1.29, 1.82) is 0 Å². The van der Waals surface area contributed by atoms with Crippen molar-refractivity contribution in [3.05, 3.63) is 34.4 Å². The number of halogens is 1. The summed E-state index contributed by atoms with van der Waals surface area (Å²) < 4.78 is 21.4. The van der Waals surface area contributed by atoms with Crippen molar-refractivity contribution >= 4 is 22.7 Å². The van der Waals surface area contributed by atoms with Gasteiger partial charge in [0, 0.05) is 25.7 Å². The Morgan fingerprint density at radius 1 is 1.41 bits per heavy atom. The summed E-state index contributed by atoms with van der Waals surface area (Å²) in [6, 6.07) is 2.89. The first kappa shape index (κ1) is 19.7. The number of hydrogen-bond donors (Lipinski definition) is 3. The van der Waals surface area contributed by atoms with Gasteiger partial charge in [0.25, 0.3) is 0 Å². The molecule has 2 fully saturated rings. The molecule has 0 spiro atoms. The highest BCUT2D eigenvalue weighted by Gasteiger charge is 2.34. The van der Waals surface area contributed by atoms with Crippen molar-refractivity contribution in [3.8, 4) is 5.75 Å². The first-order valence-corrected chi connectivity index (χ1v) is 9.72. The topological polar surface area (TPSA) is 104 Å². The Morgan fingerprint density at radius 2 is 2.17 bits per heavy atom. The summed E-state index contributed by atoms with van der Waals surface area (Å²) in [5, 5.41) is 22.7. The van der Waals surface area contributed by atoms with E-state index in [0.29, 0.717) is 30.7 Å². The van der Waals surface area contributed by atoms with E-state index in [1.54, 1.807) is 22.6 Å². The highest BCUT2D eigenvalue weighted by atomic mass is 19.1. The van der Waals surface area contributed by atoms with Crippen molar-refractivity contribution < 1.29 is 24.1 Å². The third kappa shape index (κ3) is 3.79. The quantitative estimate of drug-likeness (QED) is 0.655. The summed E-state index contributed by atoms with van der Waals surface area (Å²) in [6.45, 7) is 1.29. The van der Waals surface area contributed by atoms with Gasteiger partial charge < -0.3 is 29.7 Å². The lowest BCUT2D eigenvalue weighted by Crippen LogP contribution is -2.53. The Kier molecular flexibility index (Phi) is 4.95. The molecular formula is C20H24FN3O5. The van der Waals surface area contributed by atoms with Crippen LogP contribution >= 0.6 is 0 Å². The number of carboxylic acid groups (broad SMARTS) is 1. The molecule has 4 rings (SSSR count). The third-order valence-electron chi connectivity index (χ3n) is 5.61. The molecule has 1 unspecified atom stereocenters. The molecule has 1 aromatic heterocycles. The van der Waals surface area contributed by atoms with Crippen LogP contribution in [-0.2, 0) is 0 Å². The number of likely N-dealkylation sites (N-methyl/N-ethyl adjacent to an activating group) is 1. The highest BCUT2D eigenvalue weighted by Crippen LogP contribution is 2.39. The molecule has 0 amide bonds. The largest absolute Gasteiger partial charge is 0.511 e. The minimum Gasteiger partial charge on any atom is -0.449 e. The third-order valence-corrected chi connectivity index (χ3v) is 5.61. The highest BCUT2D eigenvalue weighted by molar-refractivity contribution is 5.85. The Hall–Kier alpha value is -2.65. The van der Waals surface area contributed by atoms with Gasteiger partial charge in [-0.1, -0.05) is 0 Å². The van der Waals surface area contributed by atoms with Gasteiger partial charge in [0.2, 0.25) is 5.43 Å². The monoisotopic (exact) mass is 405 g/mol. The van der Waals surface area contributed by atoms with Crippen LogP contribution in [0, 0.1) is 5.82 Å². The summed E-state index contributed by atoms with van der Waals surface area (Å²) >= 11 is 0. The summed E-state index contributed by atoms with van der Waals surface area (Å²) in [5.74, 6) is -0.913. The Balaban J connectivity index is 1.81. The second-order valence-corrected chi connectivity index (χ2v) is 7.93. The SMILES string of the molecule is CNCC1(O)CCCN(c2cc3c(cc2F)c(=O)c(OC(=O)O)cn3C2CC2)C1. The number of β-amino-alcohol motifs (C(OH)–C–C–N with tert-alkyl or cyclic N) is 1. The van der Waals surface area contributed by atoms with E-state index in [-0.39, 0.29) is 23.7 Å². The van der Waals surface area contributed by atoms with E-state index in [4.69, 9.17) is 5.11 Å². The second kappa shape index (κ2) is 7.31. The number of aliphatic hydroxyl groups is 1. The fraction of sp³-hybridized carbons (Fsp3) is 0.500. The van der Waals surface area contributed by atoms with Crippen LogP contribution in [0.15, 0.2) is 23.1 Å². The molecular weight excluding hydrogens is 381 g/mol. The van der Waals surface area contributed by atoms with Gasteiger partial charge in [-0.05, 0) is 44.9 Å². The van der Waals surface area contributed by atoms with E-state index in [1.807, 2.05) is 0 Å². The first-order chi connectivity index (χ1) is 13.8. The van der Waals surface area contributed by atoms with E-state index >= 15 is 4.39 Å². The van der Waals surface area contributed by atoms with Crippen LogP contribution in [0.4, 0.5) is 14.9 Å². The average molecular weight is 405 g/mol. The molecule has 8 nitrogen and oxygen atoms in total. The fourth-order valence-corrected chi connectivity index (χ4v) is 4.19. The Bertz CT molecular complexity index is 1020. The van der Waals surface area contributed by atoms with E-state index in [1.165, 1.54) is 6.20 Å². The fourth-order valence-electron chi connectivity index (χ4n) is 4.19. The van der Waals surface area contributed by atoms with Crippen LogP contribution in [0.1, 0.15) is 31.7 Å². The van der Waals surface area contributed by atoms with Crippen molar-refractivity contribution in [2.24, 2.45) is 0 Å². The molecule has 1 atom stereocenters. The molecule has 1 saturated heterocycles. The van der Waals surface area contributed by atoms with Gasteiger partial charge in [-0.15, -0.1) is 0 Å². The summed E-state index contributed by atoms with van der Waals surface area (Å²) in [5.41, 5.74) is -0.749. The second-order valence-electron chi connectivity index (χ2n) is 7.93. The zero-order chi connectivity index (χ0) is 20.8. The lowest BCUT2D eigenvalue weighted by atomic mass is 9.92. The smallest absolute Gasteiger partial charge is 0.449 e. The van der Waals surface area contributed by atoms with Gasteiger partial charge in [-0.3, -0.25) is 4.79 Å². The van der Waals surface area contributed by atoms with Crippen LogP contribution in [-0.4, -0.2) is 53.2 Å². The Morgan fingerprint density at radius 3 is 2.83 bits per heavy atom. The van der Waals surface area contributed by atoms with Crippen LogP contribution in [0.3, 0.4) is 0 Å². The predicted octanol–water partition coefficient (Wildman–Crippen LogP) is 2.08. The van der Waals surface area contributed by atoms with Gasteiger partial charge >= 0.3 is 6.16 Å². The van der Waals surface area contributed by atoms with Crippen molar-refractivity contribution in [2.45, 2.75) is 37.3 Å². The van der Waals surface area contributed by atoms with Crippen LogP contribution < -0.4 is 20.4 Å². The Labute approximate surface area is 166 Å². The van der Waals surface area contributed by atoms with Gasteiger partial charge in [0.1, 0.15) is 5.82 Å². The van der Waals surface area contributed by atoms with Gasteiger partial charge in [0.05, 0.1) is 28.4 Å². The number of nitrogens with one attached hydrogen (secondary N) is 1. The summed E-state index contributed by atoms with van der Waals surface area (Å²) in [6.07, 6.45) is 2.94. The van der Waals surface area contributed by atoms with E-state index in [2.05, 4.69) is 10.1 Å². The molecule has 0 bridgehead atoms. The first-order valence-electron chi connectivity index (χ1n) is 9.72. The normalized spacial score (nSPS) is 22.1. The molecule has 156 valence electrons. The molecule has 2 heterocycles. The van der Waals surface area contributed by atoms with Crippen LogP contribution in [0.25, 0.3) is 10.9 Å². The number of anilines is 1. The maximum Gasteiger partial charge on any atom is 0.511 e. The molecule has 29 heavy (non-hydrogen) atoms. The maximum atomic E-state index is 15.0. The molecule has 3 N–H and O–H groups in total. The molecule has 2 aliphatic rings. The number of hydrogen-bond acceptors (Lipinski definition) is 6. The summed E-state index contributed by atoms with van der Waals surface area (Å²) in [7, 11) is 1.76.